The molecule has 84 valence electrons. The topological polar surface area (TPSA) is 26.3 Å². The summed E-state index contributed by atoms with van der Waals surface area (Å²) in [5.74, 6) is 4.47. The monoisotopic (exact) mass is 208 g/mol. The summed E-state index contributed by atoms with van der Waals surface area (Å²) < 4.78 is 5.06. The van der Waals surface area contributed by atoms with Gasteiger partial charge in [-0.3, -0.25) is 4.79 Å². The minimum Gasteiger partial charge on any atom is -0.466 e. The maximum absolute atomic E-state index is 11.5. The lowest BCUT2D eigenvalue weighted by Crippen LogP contribution is -2.45. The molecule has 0 aromatic heterocycles. The Balaban J connectivity index is 1.62. The predicted molar refractivity (Wildman–Crippen MR) is 57.2 cm³/mol. The number of fused-ring (bicyclic) bond motifs is 1. The number of rotatable bonds is 3. The Morgan fingerprint density at radius 1 is 1.20 bits per heavy atom. The molecule has 3 rings (SSSR count). The van der Waals surface area contributed by atoms with E-state index in [1.54, 1.807) is 0 Å². The van der Waals surface area contributed by atoms with E-state index in [1.807, 2.05) is 6.92 Å². The molecule has 3 fully saturated rings. The first-order valence-electron chi connectivity index (χ1n) is 6.45. The molecule has 0 aromatic carbocycles. The van der Waals surface area contributed by atoms with E-state index >= 15 is 0 Å². The van der Waals surface area contributed by atoms with Gasteiger partial charge in [0.25, 0.3) is 0 Å². The second-order valence-corrected chi connectivity index (χ2v) is 5.58. The Hall–Kier alpha value is -0.530. The summed E-state index contributed by atoms with van der Waals surface area (Å²) in [5, 5.41) is 0. The molecule has 3 unspecified atom stereocenters. The van der Waals surface area contributed by atoms with Gasteiger partial charge >= 0.3 is 5.97 Å². The van der Waals surface area contributed by atoms with Crippen LogP contribution in [0.15, 0.2) is 0 Å². The van der Waals surface area contributed by atoms with Crippen molar-refractivity contribution < 1.29 is 9.53 Å². The molecule has 0 N–H and O–H groups in total. The summed E-state index contributed by atoms with van der Waals surface area (Å²) in [4.78, 5) is 11.5. The first-order chi connectivity index (χ1) is 7.29. The van der Waals surface area contributed by atoms with Gasteiger partial charge in [-0.1, -0.05) is 6.42 Å². The molecule has 2 bridgehead atoms. The van der Waals surface area contributed by atoms with Crippen molar-refractivity contribution >= 4 is 5.97 Å². The molecule has 3 aliphatic rings. The van der Waals surface area contributed by atoms with Gasteiger partial charge in [0.2, 0.25) is 0 Å². The van der Waals surface area contributed by atoms with Crippen LogP contribution >= 0.6 is 0 Å². The third kappa shape index (κ3) is 1.41. The fourth-order valence-electron chi connectivity index (χ4n) is 4.50. The highest BCUT2D eigenvalue weighted by Crippen LogP contribution is 2.64. The maximum atomic E-state index is 11.5. The summed E-state index contributed by atoms with van der Waals surface area (Å²) in [6.45, 7) is 2.43. The molecule has 5 atom stereocenters. The molecule has 0 spiro atoms. The van der Waals surface area contributed by atoms with Crippen LogP contribution in [-0.2, 0) is 9.53 Å². The van der Waals surface area contributed by atoms with Gasteiger partial charge in [-0.05, 0) is 55.8 Å². The van der Waals surface area contributed by atoms with Crippen molar-refractivity contribution in [2.45, 2.75) is 39.0 Å². The fourth-order valence-corrected chi connectivity index (χ4v) is 4.50. The van der Waals surface area contributed by atoms with E-state index in [-0.39, 0.29) is 5.97 Å². The van der Waals surface area contributed by atoms with Crippen molar-refractivity contribution in [2.24, 2.45) is 29.6 Å². The van der Waals surface area contributed by atoms with Crippen molar-refractivity contribution in [3.05, 3.63) is 0 Å². The number of ether oxygens (including phenoxy) is 1. The summed E-state index contributed by atoms with van der Waals surface area (Å²) in [5.41, 5.74) is 0. The average molecular weight is 208 g/mol. The molecule has 15 heavy (non-hydrogen) atoms. The van der Waals surface area contributed by atoms with E-state index in [1.165, 1.54) is 25.7 Å². The normalized spacial score (nSPS) is 46.1. The Labute approximate surface area is 91.4 Å². The minimum atomic E-state index is 0.0382. The lowest BCUT2D eigenvalue weighted by atomic mass is 9.55. The van der Waals surface area contributed by atoms with E-state index in [9.17, 15) is 4.79 Å². The molecule has 2 nitrogen and oxygen atoms in total. The highest BCUT2D eigenvalue weighted by Gasteiger charge is 2.57. The second-order valence-electron chi connectivity index (χ2n) is 5.58. The van der Waals surface area contributed by atoms with Gasteiger partial charge in [0.15, 0.2) is 0 Å². The number of hydrogen-bond donors (Lipinski definition) is 0. The van der Waals surface area contributed by atoms with E-state index in [4.69, 9.17) is 4.74 Å². The maximum Gasteiger partial charge on any atom is 0.306 e. The Bertz CT molecular complexity index is 268. The Morgan fingerprint density at radius 2 is 2.00 bits per heavy atom. The van der Waals surface area contributed by atoms with Crippen molar-refractivity contribution in [2.75, 3.05) is 6.61 Å². The van der Waals surface area contributed by atoms with Gasteiger partial charge in [-0.15, -0.1) is 0 Å². The molecule has 3 saturated carbocycles. The lowest BCUT2D eigenvalue weighted by Gasteiger charge is -2.49. The van der Waals surface area contributed by atoms with E-state index in [2.05, 4.69) is 0 Å². The van der Waals surface area contributed by atoms with Crippen LogP contribution in [0.2, 0.25) is 0 Å². The molecular formula is C13H20O2. The fraction of sp³-hybridized carbons (Fsp3) is 0.923. The molecule has 0 amide bonds. The Morgan fingerprint density at radius 3 is 2.80 bits per heavy atom. The van der Waals surface area contributed by atoms with Crippen molar-refractivity contribution in [1.82, 2.24) is 0 Å². The number of carbonyl (C=O) groups is 1. The summed E-state index contributed by atoms with van der Waals surface area (Å²) in [6, 6.07) is 0. The predicted octanol–water partition coefficient (Wildman–Crippen LogP) is 2.62. The number of hydrogen-bond acceptors (Lipinski definition) is 2. The van der Waals surface area contributed by atoms with Crippen LogP contribution in [0.25, 0.3) is 0 Å². The lowest BCUT2D eigenvalue weighted by molar-refractivity contribution is -0.148. The molecule has 0 heterocycles. The highest BCUT2D eigenvalue weighted by molar-refractivity contribution is 5.70. The zero-order valence-electron chi connectivity index (χ0n) is 9.45. The quantitative estimate of drug-likeness (QED) is 0.666. The van der Waals surface area contributed by atoms with Crippen molar-refractivity contribution in [1.29, 1.82) is 0 Å². The molecule has 2 heteroatoms. The first kappa shape index (κ1) is 9.68. The average Bonchev–Trinajstić information content (AvgIpc) is 2.38. The molecule has 3 aliphatic carbocycles. The first-order valence-corrected chi connectivity index (χ1v) is 6.45. The van der Waals surface area contributed by atoms with E-state index < -0.39 is 0 Å². The van der Waals surface area contributed by atoms with Gasteiger partial charge in [0.05, 0.1) is 6.61 Å². The van der Waals surface area contributed by atoms with Crippen LogP contribution in [0, 0.1) is 29.6 Å². The van der Waals surface area contributed by atoms with Crippen molar-refractivity contribution in [3.8, 4) is 0 Å². The zero-order valence-corrected chi connectivity index (χ0v) is 9.45. The van der Waals surface area contributed by atoms with Gasteiger partial charge in [-0.2, -0.15) is 0 Å². The van der Waals surface area contributed by atoms with Gasteiger partial charge in [0, 0.05) is 6.42 Å². The molecule has 0 aromatic rings. The Kier molecular flexibility index (Phi) is 2.26. The summed E-state index contributed by atoms with van der Waals surface area (Å²) >= 11 is 0. The van der Waals surface area contributed by atoms with Gasteiger partial charge in [0.1, 0.15) is 0 Å². The second kappa shape index (κ2) is 3.50. The van der Waals surface area contributed by atoms with Crippen LogP contribution in [0.5, 0.6) is 0 Å². The van der Waals surface area contributed by atoms with Crippen LogP contribution in [0.4, 0.5) is 0 Å². The van der Waals surface area contributed by atoms with Crippen LogP contribution < -0.4 is 0 Å². The third-order valence-electron chi connectivity index (χ3n) is 5.03. The number of carbonyl (C=O) groups excluding carboxylic acids is 1. The summed E-state index contributed by atoms with van der Waals surface area (Å²) in [6.07, 6.45) is 6.39. The smallest absolute Gasteiger partial charge is 0.306 e. The van der Waals surface area contributed by atoms with E-state index in [0.29, 0.717) is 18.9 Å². The van der Waals surface area contributed by atoms with Gasteiger partial charge in [-0.25, -0.2) is 0 Å². The van der Waals surface area contributed by atoms with E-state index in [0.717, 1.165) is 23.7 Å². The van der Waals surface area contributed by atoms with Gasteiger partial charge < -0.3 is 4.74 Å². The zero-order chi connectivity index (χ0) is 10.4. The molecule has 0 radical (unpaired) electrons. The van der Waals surface area contributed by atoms with Crippen LogP contribution in [0.3, 0.4) is 0 Å². The summed E-state index contributed by atoms with van der Waals surface area (Å²) in [7, 11) is 0. The number of esters is 1. The van der Waals surface area contributed by atoms with Crippen LogP contribution in [0.1, 0.15) is 39.0 Å². The molecule has 0 aliphatic heterocycles. The SMILES string of the molecule is CCOC(=O)CC1C2CCC3C[C@H]2[C@H]1C3. The largest absolute Gasteiger partial charge is 0.466 e. The molecule has 0 saturated heterocycles. The van der Waals surface area contributed by atoms with Crippen molar-refractivity contribution in [3.63, 3.8) is 0 Å². The minimum absolute atomic E-state index is 0.0382. The van der Waals surface area contributed by atoms with Crippen LogP contribution in [-0.4, -0.2) is 12.6 Å². The molecular weight excluding hydrogens is 188 g/mol. The highest BCUT2D eigenvalue weighted by atomic mass is 16.5. The third-order valence-corrected chi connectivity index (χ3v) is 5.03. The standard InChI is InChI=1S/C13H20O2/c1-2-15-13(14)7-12-9-4-3-8-5-10(9)11(12)6-8/h8-12H,2-7H2,1H3/t8?,9?,10-,11-,12?/m1/s1.